The first kappa shape index (κ1) is 30.0. The highest BCUT2D eigenvalue weighted by Gasteiger charge is 2.30. The van der Waals surface area contributed by atoms with Crippen LogP contribution in [0.15, 0.2) is 72.8 Å². The molecule has 0 unspecified atom stereocenters. The van der Waals surface area contributed by atoms with Crippen molar-refractivity contribution in [2.75, 3.05) is 18.5 Å². The van der Waals surface area contributed by atoms with Crippen molar-refractivity contribution in [2.24, 2.45) is 5.73 Å². The molecule has 3 aromatic rings. The number of ether oxygens (including phenoxy) is 2. The van der Waals surface area contributed by atoms with Gasteiger partial charge in [-0.2, -0.15) is 0 Å². The number of benzene rings is 3. The van der Waals surface area contributed by atoms with E-state index in [4.69, 9.17) is 20.4 Å². The lowest BCUT2D eigenvalue weighted by Crippen LogP contribution is -2.44. The highest BCUT2D eigenvalue weighted by Crippen LogP contribution is 2.44. The van der Waals surface area contributed by atoms with Gasteiger partial charge in [0.1, 0.15) is 19.3 Å². The van der Waals surface area contributed by atoms with Gasteiger partial charge in [-0.3, -0.25) is 4.79 Å². The van der Waals surface area contributed by atoms with Crippen molar-refractivity contribution < 1.29 is 33.2 Å². The molecular weight excluding hydrogens is 561 g/mol. The van der Waals surface area contributed by atoms with E-state index in [0.717, 1.165) is 22.3 Å². The third-order valence-corrected chi connectivity index (χ3v) is 6.86. The predicted octanol–water partition coefficient (Wildman–Crippen LogP) is 5.26. The number of hydrogen-bond acceptors (Lipinski definition) is 8. The van der Waals surface area contributed by atoms with Crippen LogP contribution in [0.4, 0.5) is 20.1 Å². The minimum absolute atomic E-state index is 0.0680. The number of nitrogens with one attached hydrogen (secondary N) is 4. The molecule has 6 N–H and O–H groups in total. The third kappa shape index (κ3) is 8.05. The Morgan fingerprint density at radius 2 is 1.55 bits per heavy atom. The number of nitrogens with two attached hydrogens (primary N) is 1. The minimum Gasteiger partial charge on any atom is -0.449 e. The number of urea groups is 1. The lowest BCUT2D eigenvalue weighted by Gasteiger charge is -2.20. The summed E-state index contributed by atoms with van der Waals surface area (Å²) < 4.78 is 14.9. The Kier molecular flexibility index (Phi) is 10.4. The van der Waals surface area contributed by atoms with E-state index in [2.05, 4.69) is 20.5 Å². The lowest BCUT2D eigenvalue weighted by molar-refractivity contribution is -0.118. The van der Waals surface area contributed by atoms with Crippen LogP contribution in [0.2, 0.25) is 0 Å². The number of amides is 4. The molecule has 0 radical (unpaired) electrons. The predicted molar refractivity (Wildman–Crippen MR) is 155 cm³/mol. The van der Waals surface area contributed by atoms with Gasteiger partial charge in [0.25, 0.3) is 0 Å². The molecule has 4 rings (SSSR count). The zero-order chi connectivity index (χ0) is 29.9. The van der Waals surface area contributed by atoms with Crippen LogP contribution in [0.25, 0.3) is 11.1 Å². The van der Waals surface area contributed by atoms with E-state index in [1.54, 1.807) is 24.3 Å². The molecule has 0 saturated heterocycles. The zero-order valence-corrected chi connectivity index (χ0v) is 23.4. The molecule has 1 atom stereocenters. The van der Waals surface area contributed by atoms with Crippen LogP contribution >= 0.6 is 8.60 Å². The van der Waals surface area contributed by atoms with Crippen LogP contribution in [-0.2, 0) is 25.4 Å². The number of carbonyl (C=O) groups is 4. The molecule has 0 aliphatic heterocycles. The first-order valence-corrected chi connectivity index (χ1v) is 13.9. The highest BCUT2D eigenvalue weighted by atomic mass is 31.1. The van der Waals surface area contributed by atoms with E-state index in [1.165, 1.54) is 0 Å². The Morgan fingerprint density at radius 3 is 2.17 bits per heavy atom. The van der Waals surface area contributed by atoms with Crippen LogP contribution in [-0.4, -0.2) is 43.4 Å². The summed E-state index contributed by atoms with van der Waals surface area (Å²) in [5.74, 6) is -0.615. The number of anilines is 1. The van der Waals surface area contributed by atoms with E-state index in [-0.39, 0.29) is 40.7 Å². The fourth-order valence-corrected chi connectivity index (χ4v) is 4.82. The summed E-state index contributed by atoms with van der Waals surface area (Å²) in [6, 6.07) is 20.8. The summed E-state index contributed by atoms with van der Waals surface area (Å²) in [6.07, 6.45) is -1.13. The van der Waals surface area contributed by atoms with Crippen molar-refractivity contribution in [3.8, 4) is 11.1 Å². The van der Waals surface area contributed by atoms with Crippen molar-refractivity contribution in [3.63, 3.8) is 0 Å². The van der Waals surface area contributed by atoms with Gasteiger partial charge >= 0.3 is 18.3 Å². The standard InChI is InChI=1S/C29H30N5O7P/c30-27(36)32-15-5-10-25(26(35)33-19-13-11-18(12-14-19)16-40-29(38)41-42-31)34-28(37)39-17-24-22-8-3-1-6-20(22)21-7-2-4-9-23(21)24/h1-4,6-9,11-14,24-25,31H,5,10,15-17H2,(H,33,35)(H,34,37)(H3,30,32,36)/t25-/m0/s1. The van der Waals surface area contributed by atoms with Gasteiger partial charge < -0.3 is 35.7 Å². The van der Waals surface area contributed by atoms with Gasteiger partial charge in [0.05, 0.1) is 0 Å². The molecule has 3 aromatic carbocycles. The Hall–Kier alpha value is -4.96. The molecule has 0 aromatic heterocycles. The van der Waals surface area contributed by atoms with Gasteiger partial charge in [0.15, 0.2) is 0 Å². The second kappa shape index (κ2) is 14.6. The van der Waals surface area contributed by atoms with Crippen LogP contribution in [0.5, 0.6) is 0 Å². The van der Waals surface area contributed by atoms with Crippen molar-refractivity contribution in [1.29, 1.82) is 5.16 Å². The summed E-state index contributed by atoms with van der Waals surface area (Å²) in [5.41, 5.74) is 10.6. The molecule has 1 aliphatic carbocycles. The molecule has 0 saturated carbocycles. The van der Waals surface area contributed by atoms with Gasteiger partial charge in [0.2, 0.25) is 14.5 Å². The molecule has 1 aliphatic rings. The topological polar surface area (TPSA) is 182 Å². The number of alkyl carbamates (subject to hydrolysis) is 1. The largest absolute Gasteiger partial charge is 0.518 e. The van der Waals surface area contributed by atoms with E-state index in [9.17, 15) is 19.2 Å². The number of hydrogen-bond donors (Lipinski definition) is 5. The Bertz CT molecular complexity index is 1400. The molecule has 218 valence electrons. The summed E-state index contributed by atoms with van der Waals surface area (Å²) in [4.78, 5) is 48.3. The second-order valence-corrected chi connectivity index (χ2v) is 9.73. The highest BCUT2D eigenvalue weighted by molar-refractivity contribution is 7.19. The molecule has 13 heteroatoms. The van der Waals surface area contributed by atoms with Crippen LogP contribution in [0, 0.1) is 5.16 Å². The van der Waals surface area contributed by atoms with Crippen molar-refractivity contribution in [3.05, 3.63) is 89.5 Å². The number of fused-ring (bicyclic) bond motifs is 3. The van der Waals surface area contributed by atoms with Gasteiger partial charge in [-0.25, -0.2) is 19.5 Å². The van der Waals surface area contributed by atoms with E-state index >= 15 is 0 Å². The number of primary amides is 1. The normalized spacial score (nSPS) is 12.4. The lowest BCUT2D eigenvalue weighted by atomic mass is 9.98. The molecule has 12 nitrogen and oxygen atoms in total. The summed E-state index contributed by atoms with van der Waals surface area (Å²) in [5, 5.41) is 14.7. The third-order valence-electron chi connectivity index (χ3n) is 6.62. The second-order valence-electron chi connectivity index (χ2n) is 9.36. The SMILES string of the molecule is N=POC(=O)OCc1ccc(NC(=O)[C@H](CCCNC(N)=O)NC(=O)OCC2c3ccccc3-c3ccccc32)cc1. The average Bonchev–Trinajstić information content (AvgIpc) is 3.31. The van der Waals surface area contributed by atoms with Crippen LogP contribution < -0.4 is 21.7 Å². The fourth-order valence-electron chi connectivity index (χ4n) is 4.69. The number of rotatable bonds is 12. The summed E-state index contributed by atoms with van der Waals surface area (Å²) in [7, 11) is -0.311. The van der Waals surface area contributed by atoms with Crippen molar-refractivity contribution in [2.45, 2.75) is 31.4 Å². The summed E-state index contributed by atoms with van der Waals surface area (Å²) in [6.45, 7) is 0.250. The molecular formula is C29H30N5O7P. The van der Waals surface area contributed by atoms with Crippen molar-refractivity contribution >= 4 is 38.5 Å². The zero-order valence-electron chi connectivity index (χ0n) is 22.5. The van der Waals surface area contributed by atoms with E-state index < -0.39 is 30.2 Å². The van der Waals surface area contributed by atoms with Crippen molar-refractivity contribution in [1.82, 2.24) is 10.6 Å². The smallest absolute Gasteiger partial charge is 0.449 e. The monoisotopic (exact) mass is 591 g/mol. The van der Waals surface area contributed by atoms with Gasteiger partial charge in [0, 0.05) is 18.2 Å². The van der Waals surface area contributed by atoms with Crippen LogP contribution in [0.3, 0.4) is 0 Å². The van der Waals surface area contributed by atoms with Crippen LogP contribution in [0.1, 0.15) is 35.4 Å². The Labute approximate surface area is 243 Å². The first-order valence-electron chi connectivity index (χ1n) is 13.1. The molecule has 42 heavy (non-hydrogen) atoms. The average molecular weight is 592 g/mol. The van der Waals surface area contributed by atoms with Gasteiger partial charge in [-0.1, -0.05) is 60.7 Å². The minimum atomic E-state index is -0.961. The number of carbonyl (C=O) groups excluding carboxylic acids is 4. The molecule has 0 heterocycles. The fraction of sp³-hybridized carbons (Fsp3) is 0.241. The Morgan fingerprint density at radius 1 is 0.905 bits per heavy atom. The molecule has 0 bridgehead atoms. The van der Waals surface area contributed by atoms with Gasteiger partial charge in [-0.15, -0.1) is 0 Å². The van der Waals surface area contributed by atoms with Gasteiger partial charge in [-0.05, 0) is 52.8 Å². The quantitative estimate of drug-likeness (QED) is 0.108. The molecule has 0 fully saturated rings. The van der Waals surface area contributed by atoms with E-state index in [1.807, 2.05) is 48.5 Å². The molecule has 4 amide bonds. The first-order chi connectivity index (χ1) is 20.4. The maximum absolute atomic E-state index is 13.1. The van der Waals surface area contributed by atoms with E-state index in [0.29, 0.717) is 17.7 Å². The Balaban J connectivity index is 1.36. The molecule has 0 spiro atoms. The maximum atomic E-state index is 13.1. The maximum Gasteiger partial charge on any atom is 0.518 e. The summed E-state index contributed by atoms with van der Waals surface area (Å²) >= 11 is 0.